The number of carbonyl (C=O) groups is 1. The van der Waals surface area contributed by atoms with Crippen molar-refractivity contribution in [1.82, 2.24) is 4.31 Å². The summed E-state index contributed by atoms with van der Waals surface area (Å²) in [4.78, 5) is 23.1. The molecule has 0 unspecified atom stereocenters. The van der Waals surface area contributed by atoms with Gasteiger partial charge in [0.05, 0.1) is 16.9 Å². The number of amides is 1. The predicted molar refractivity (Wildman–Crippen MR) is 111 cm³/mol. The first-order valence-electron chi connectivity index (χ1n) is 9.46. The van der Waals surface area contributed by atoms with E-state index in [1.807, 2.05) is 0 Å². The monoisotopic (exact) mass is 433 g/mol. The van der Waals surface area contributed by atoms with Crippen molar-refractivity contribution in [3.05, 3.63) is 58.1 Å². The van der Waals surface area contributed by atoms with Crippen LogP contribution >= 0.6 is 0 Å². The van der Waals surface area contributed by atoms with Gasteiger partial charge >= 0.3 is 5.69 Å². The molecule has 0 radical (unpaired) electrons. The molecule has 0 atom stereocenters. The van der Waals surface area contributed by atoms with Gasteiger partial charge in [-0.05, 0) is 55.2 Å². The molecule has 1 saturated heterocycles. The van der Waals surface area contributed by atoms with Crippen molar-refractivity contribution in [2.75, 3.05) is 25.5 Å². The van der Waals surface area contributed by atoms with Crippen molar-refractivity contribution < 1.29 is 22.9 Å². The number of nitro benzene ring substituents is 1. The van der Waals surface area contributed by atoms with E-state index in [0.29, 0.717) is 24.7 Å². The third-order valence-corrected chi connectivity index (χ3v) is 7.04. The molecule has 1 heterocycles. The summed E-state index contributed by atoms with van der Waals surface area (Å²) in [5.41, 5.74) is 0.147. The van der Waals surface area contributed by atoms with E-state index in [4.69, 9.17) is 4.74 Å². The number of anilines is 1. The lowest BCUT2D eigenvalue weighted by Gasteiger charge is -2.29. The van der Waals surface area contributed by atoms with E-state index in [1.54, 1.807) is 0 Å². The minimum Gasteiger partial charge on any atom is -0.490 e. The fraction of sp³-hybridized carbons (Fsp3) is 0.350. The third kappa shape index (κ3) is 4.60. The first-order chi connectivity index (χ1) is 14.2. The average molecular weight is 433 g/mol. The summed E-state index contributed by atoms with van der Waals surface area (Å²) in [6.07, 6.45) is 1.67. The first-order valence-corrected chi connectivity index (χ1v) is 10.9. The number of nitro groups is 1. The molecule has 2 aromatic carbocycles. The zero-order chi connectivity index (χ0) is 21.9. The standard InChI is InChI=1S/C20H23N3O6S/c1-14-9-11-22(12-10-14)30(27,28)17-6-4-16(5-7-17)21-20(24)15-3-8-19(29-2)18(13-15)23(25)26/h3-8,13-14H,9-12H2,1-2H3,(H,21,24). The molecule has 0 aliphatic carbocycles. The van der Waals surface area contributed by atoms with Gasteiger partial charge in [0.15, 0.2) is 5.75 Å². The lowest BCUT2D eigenvalue weighted by atomic mass is 10.0. The van der Waals surface area contributed by atoms with Crippen LogP contribution in [0.4, 0.5) is 11.4 Å². The van der Waals surface area contributed by atoms with Crippen LogP contribution in [0.5, 0.6) is 5.75 Å². The summed E-state index contributed by atoms with van der Waals surface area (Å²) in [5, 5.41) is 13.7. The molecular formula is C20H23N3O6S. The Morgan fingerprint density at radius 1 is 1.17 bits per heavy atom. The van der Waals surface area contributed by atoms with Gasteiger partial charge in [-0.15, -0.1) is 0 Å². The number of piperidine rings is 1. The number of carbonyl (C=O) groups excluding carboxylic acids is 1. The maximum Gasteiger partial charge on any atom is 0.311 e. The van der Waals surface area contributed by atoms with Gasteiger partial charge in [-0.25, -0.2) is 8.42 Å². The van der Waals surface area contributed by atoms with Gasteiger partial charge in [-0.3, -0.25) is 14.9 Å². The van der Waals surface area contributed by atoms with Gasteiger partial charge in [0.2, 0.25) is 10.0 Å². The van der Waals surface area contributed by atoms with Crippen LogP contribution in [0.15, 0.2) is 47.4 Å². The summed E-state index contributed by atoms with van der Waals surface area (Å²) >= 11 is 0. The highest BCUT2D eigenvalue weighted by Crippen LogP contribution is 2.28. The smallest absolute Gasteiger partial charge is 0.311 e. The van der Waals surface area contributed by atoms with E-state index in [2.05, 4.69) is 12.2 Å². The maximum atomic E-state index is 12.8. The van der Waals surface area contributed by atoms with Gasteiger partial charge in [0.1, 0.15) is 0 Å². The molecular weight excluding hydrogens is 410 g/mol. The Morgan fingerprint density at radius 3 is 2.37 bits per heavy atom. The van der Waals surface area contributed by atoms with Crippen LogP contribution < -0.4 is 10.1 Å². The number of methoxy groups -OCH3 is 1. The Labute approximate surface area is 174 Å². The molecule has 0 spiro atoms. The highest BCUT2D eigenvalue weighted by molar-refractivity contribution is 7.89. The average Bonchev–Trinajstić information content (AvgIpc) is 2.74. The molecule has 10 heteroatoms. The minimum absolute atomic E-state index is 0.0539. The lowest BCUT2D eigenvalue weighted by Crippen LogP contribution is -2.37. The van der Waals surface area contributed by atoms with Crippen molar-refractivity contribution in [2.45, 2.75) is 24.7 Å². The van der Waals surface area contributed by atoms with Crippen molar-refractivity contribution in [3.8, 4) is 5.75 Å². The van der Waals surface area contributed by atoms with Gasteiger partial charge < -0.3 is 10.1 Å². The second-order valence-electron chi connectivity index (χ2n) is 7.21. The van der Waals surface area contributed by atoms with Gasteiger partial charge in [0.25, 0.3) is 5.91 Å². The number of rotatable bonds is 6. The molecule has 1 amide bonds. The molecule has 0 bridgehead atoms. The Kier molecular flexibility index (Phi) is 6.37. The van der Waals surface area contributed by atoms with Gasteiger partial charge in [0, 0.05) is 30.4 Å². The molecule has 3 rings (SSSR count). The Morgan fingerprint density at radius 2 is 1.80 bits per heavy atom. The molecule has 2 aromatic rings. The summed E-state index contributed by atoms with van der Waals surface area (Å²) < 4.78 is 32.0. The molecule has 1 aliphatic heterocycles. The second-order valence-corrected chi connectivity index (χ2v) is 9.15. The van der Waals surface area contributed by atoms with Crippen LogP contribution in [0.25, 0.3) is 0 Å². The molecule has 0 aromatic heterocycles. The van der Waals surface area contributed by atoms with Crippen LogP contribution in [0.2, 0.25) is 0 Å². The SMILES string of the molecule is COc1ccc(C(=O)Nc2ccc(S(=O)(=O)N3CCC(C)CC3)cc2)cc1[N+](=O)[O-]. The van der Waals surface area contributed by atoms with Crippen molar-refractivity contribution in [1.29, 1.82) is 0 Å². The van der Waals surface area contributed by atoms with Gasteiger partial charge in [-0.2, -0.15) is 4.31 Å². The van der Waals surface area contributed by atoms with E-state index in [-0.39, 0.29) is 21.9 Å². The third-order valence-electron chi connectivity index (χ3n) is 5.13. The quantitative estimate of drug-likeness (QED) is 0.552. The maximum absolute atomic E-state index is 12.8. The van der Waals surface area contributed by atoms with Crippen LogP contribution in [0.1, 0.15) is 30.1 Å². The number of hydrogen-bond donors (Lipinski definition) is 1. The molecule has 9 nitrogen and oxygen atoms in total. The zero-order valence-corrected chi connectivity index (χ0v) is 17.5. The second kappa shape index (κ2) is 8.80. The Hall–Kier alpha value is -2.98. The van der Waals surface area contributed by atoms with Crippen molar-refractivity contribution in [2.24, 2.45) is 5.92 Å². The zero-order valence-electron chi connectivity index (χ0n) is 16.7. The molecule has 1 fully saturated rings. The van der Waals surface area contributed by atoms with E-state index < -0.39 is 20.9 Å². The topological polar surface area (TPSA) is 119 Å². The summed E-state index contributed by atoms with van der Waals surface area (Å²) in [7, 11) is -2.27. The van der Waals surface area contributed by atoms with Crippen molar-refractivity contribution in [3.63, 3.8) is 0 Å². The fourth-order valence-electron chi connectivity index (χ4n) is 3.26. The number of nitrogens with one attached hydrogen (secondary N) is 1. The summed E-state index contributed by atoms with van der Waals surface area (Å²) in [6, 6.07) is 9.77. The Balaban J connectivity index is 1.73. The van der Waals surface area contributed by atoms with Crippen LogP contribution in [-0.4, -0.2) is 43.8 Å². The van der Waals surface area contributed by atoms with Gasteiger partial charge in [-0.1, -0.05) is 6.92 Å². The molecule has 0 saturated carbocycles. The van der Waals surface area contributed by atoms with E-state index in [0.717, 1.165) is 18.9 Å². The Bertz CT molecular complexity index is 1040. The number of nitrogens with zero attached hydrogens (tertiary/aromatic N) is 2. The number of sulfonamides is 1. The van der Waals surface area contributed by atoms with Crippen LogP contribution in [0.3, 0.4) is 0 Å². The predicted octanol–water partition coefficient (Wildman–Crippen LogP) is 3.28. The lowest BCUT2D eigenvalue weighted by molar-refractivity contribution is -0.385. The highest BCUT2D eigenvalue weighted by Gasteiger charge is 2.28. The fourth-order valence-corrected chi connectivity index (χ4v) is 4.73. The van der Waals surface area contributed by atoms with Crippen LogP contribution in [-0.2, 0) is 10.0 Å². The van der Waals surface area contributed by atoms with Crippen molar-refractivity contribution >= 4 is 27.3 Å². The number of hydrogen-bond acceptors (Lipinski definition) is 6. The van der Waals surface area contributed by atoms with E-state index in [1.165, 1.54) is 47.8 Å². The van der Waals surface area contributed by atoms with E-state index in [9.17, 15) is 23.3 Å². The van der Waals surface area contributed by atoms with Crippen LogP contribution in [0, 0.1) is 16.0 Å². The molecule has 1 N–H and O–H groups in total. The summed E-state index contributed by atoms with van der Waals surface area (Å²) in [5.74, 6) is 0.0161. The highest BCUT2D eigenvalue weighted by atomic mass is 32.2. The first kappa shape index (κ1) is 21.7. The molecule has 30 heavy (non-hydrogen) atoms. The normalized spacial score (nSPS) is 15.5. The number of ether oxygens (including phenoxy) is 1. The minimum atomic E-state index is -3.57. The summed E-state index contributed by atoms with van der Waals surface area (Å²) in [6.45, 7) is 3.11. The largest absolute Gasteiger partial charge is 0.490 e. The molecule has 1 aliphatic rings. The number of benzene rings is 2. The van der Waals surface area contributed by atoms with E-state index >= 15 is 0 Å². The molecule has 160 valence electrons.